The first-order chi connectivity index (χ1) is 8.78. The number of methoxy groups -OCH3 is 1. The van der Waals surface area contributed by atoms with Gasteiger partial charge in [0.25, 0.3) is 0 Å². The fraction of sp³-hybridized carbons (Fsp3) is 0.467. The van der Waals surface area contributed by atoms with Gasteiger partial charge in [-0.25, -0.2) is 0 Å². The van der Waals surface area contributed by atoms with Crippen LogP contribution in [-0.2, 0) is 6.42 Å². The van der Waals surface area contributed by atoms with E-state index in [-0.39, 0.29) is 0 Å². The predicted molar refractivity (Wildman–Crippen MR) is 74.3 cm³/mol. The smallest absolute Gasteiger partial charge is 0.119 e. The molecule has 0 radical (unpaired) electrons. The van der Waals surface area contributed by atoms with Crippen LogP contribution in [0, 0.1) is 12.8 Å². The van der Waals surface area contributed by atoms with E-state index in [9.17, 15) is 0 Å². The molecule has 3 heteroatoms. The van der Waals surface area contributed by atoms with Crippen molar-refractivity contribution in [2.45, 2.75) is 19.8 Å². The maximum atomic E-state index is 5.37. The molecule has 3 nitrogen and oxygen atoms in total. The third-order valence-electron chi connectivity index (χ3n) is 3.95. The molecule has 0 spiro atoms. The van der Waals surface area contributed by atoms with Crippen molar-refractivity contribution in [1.29, 1.82) is 0 Å². The van der Waals surface area contributed by atoms with Crippen LogP contribution in [0.1, 0.15) is 17.5 Å². The summed E-state index contributed by atoms with van der Waals surface area (Å²) in [5, 5.41) is 4.75. The Morgan fingerprint density at radius 3 is 3.00 bits per heavy atom. The second kappa shape index (κ2) is 4.65. The third-order valence-corrected chi connectivity index (χ3v) is 3.95. The average Bonchev–Trinajstić information content (AvgIpc) is 3.00. The summed E-state index contributed by atoms with van der Waals surface area (Å²) in [6.07, 6.45) is 4.60. The van der Waals surface area contributed by atoms with Crippen molar-refractivity contribution in [3.63, 3.8) is 0 Å². The Balaban J connectivity index is 1.98. The maximum Gasteiger partial charge on any atom is 0.119 e. The summed E-state index contributed by atoms with van der Waals surface area (Å²) >= 11 is 0. The van der Waals surface area contributed by atoms with Crippen LogP contribution in [0.2, 0.25) is 0 Å². The fourth-order valence-corrected chi connectivity index (χ4v) is 2.92. The SMILES string of the molecule is COc1cc(C)c2[nH]cc(CC3CCNC3)c2c1. The van der Waals surface area contributed by atoms with Gasteiger partial charge in [0.15, 0.2) is 0 Å². The number of ether oxygens (including phenoxy) is 1. The molecule has 1 aliphatic heterocycles. The summed E-state index contributed by atoms with van der Waals surface area (Å²) in [5.74, 6) is 1.72. The van der Waals surface area contributed by atoms with Crippen LogP contribution < -0.4 is 10.1 Å². The van der Waals surface area contributed by atoms with Crippen molar-refractivity contribution >= 4 is 10.9 Å². The monoisotopic (exact) mass is 244 g/mol. The van der Waals surface area contributed by atoms with Gasteiger partial charge >= 0.3 is 0 Å². The van der Waals surface area contributed by atoms with Crippen LogP contribution in [0.4, 0.5) is 0 Å². The Hall–Kier alpha value is -1.48. The van der Waals surface area contributed by atoms with Crippen LogP contribution in [0.15, 0.2) is 18.3 Å². The van der Waals surface area contributed by atoms with Gasteiger partial charge in [-0.3, -0.25) is 0 Å². The van der Waals surface area contributed by atoms with E-state index in [0.29, 0.717) is 0 Å². The Kier molecular flexibility index (Phi) is 3.00. The van der Waals surface area contributed by atoms with Gasteiger partial charge in [0.2, 0.25) is 0 Å². The van der Waals surface area contributed by atoms with Gasteiger partial charge in [0.05, 0.1) is 7.11 Å². The van der Waals surface area contributed by atoms with E-state index in [4.69, 9.17) is 4.74 Å². The number of rotatable bonds is 3. The van der Waals surface area contributed by atoms with Crippen molar-refractivity contribution in [1.82, 2.24) is 10.3 Å². The molecule has 2 aromatic rings. The number of aromatic nitrogens is 1. The van der Waals surface area contributed by atoms with Crippen LogP contribution in [-0.4, -0.2) is 25.2 Å². The maximum absolute atomic E-state index is 5.37. The lowest BCUT2D eigenvalue weighted by Gasteiger charge is -2.08. The minimum atomic E-state index is 0.774. The predicted octanol–water partition coefficient (Wildman–Crippen LogP) is 2.64. The van der Waals surface area contributed by atoms with E-state index in [2.05, 4.69) is 35.6 Å². The molecule has 1 unspecified atom stereocenters. The molecule has 1 aliphatic rings. The normalized spacial score (nSPS) is 19.6. The molecule has 0 bridgehead atoms. The molecule has 2 N–H and O–H groups in total. The van der Waals surface area contributed by atoms with Crippen LogP contribution >= 0.6 is 0 Å². The summed E-state index contributed by atoms with van der Waals surface area (Å²) in [7, 11) is 1.73. The Morgan fingerprint density at radius 1 is 1.39 bits per heavy atom. The minimum absolute atomic E-state index is 0.774. The topological polar surface area (TPSA) is 37.0 Å². The van der Waals surface area contributed by atoms with E-state index < -0.39 is 0 Å². The highest BCUT2D eigenvalue weighted by Gasteiger charge is 2.17. The molecular weight excluding hydrogens is 224 g/mol. The average molecular weight is 244 g/mol. The number of hydrogen-bond acceptors (Lipinski definition) is 2. The van der Waals surface area contributed by atoms with Crippen LogP contribution in [0.5, 0.6) is 5.75 Å². The molecule has 1 saturated heterocycles. The molecule has 0 saturated carbocycles. The third kappa shape index (κ3) is 1.99. The Labute approximate surface area is 108 Å². The zero-order chi connectivity index (χ0) is 12.5. The van der Waals surface area contributed by atoms with Gasteiger partial charge in [0.1, 0.15) is 5.75 Å². The molecule has 2 heterocycles. The minimum Gasteiger partial charge on any atom is -0.497 e. The molecule has 96 valence electrons. The molecule has 3 rings (SSSR count). The first-order valence-corrected chi connectivity index (χ1v) is 6.63. The molecule has 0 aliphatic carbocycles. The fourth-order valence-electron chi connectivity index (χ4n) is 2.92. The lowest BCUT2D eigenvalue weighted by atomic mass is 9.97. The summed E-state index contributed by atoms with van der Waals surface area (Å²) in [5.41, 5.74) is 3.91. The van der Waals surface area contributed by atoms with Gasteiger partial charge in [-0.05, 0) is 62.0 Å². The van der Waals surface area contributed by atoms with Gasteiger partial charge in [0, 0.05) is 17.1 Å². The van der Waals surface area contributed by atoms with E-state index in [1.54, 1.807) is 7.11 Å². The number of hydrogen-bond donors (Lipinski definition) is 2. The van der Waals surface area contributed by atoms with Crippen molar-refractivity contribution in [2.24, 2.45) is 5.92 Å². The van der Waals surface area contributed by atoms with Crippen LogP contribution in [0.3, 0.4) is 0 Å². The number of aromatic amines is 1. The van der Waals surface area contributed by atoms with E-state index in [1.165, 1.54) is 28.5 Å². The second-order valence-electron chi connectivity index (χ2n) is 5.24. The standard InChI is InChI=1S/C15H20N2O/c1-10-5-13(18-2)7-14-12(9-17-15(10)14)6-11-3-4-16-8-11/h5,7,9,11,16-17H,3-4,6,8H2,1-2H3. The molecular formula is C15H20N2O. The lowest BCUT2D eigenvalue weighted by molar-refractivity contribution is 0.415. The van der Waals surface area contributed by atoms with Crippen molar-refractivity contribution in [3.8, 4) is 5.75 Å². The zero-order valence-electron chi connectivity index (χ0n) is 11.0. The molecule has 18 heavy (non-hydrogen) atoms. The number of benzene rings is 1. The molecule has 1 fully saturated rings. The van der Waals surface area contributed by atoms with Gasteiger partial charge in [-0.1, -0.05) is 0 Å². The summed E-state index contributed by atoms with van der Waals surface area (Å²) in [6, 6.07) is 4.23. The number of nitrogens with one attached hydrogen (secondary N) is 2. The highest BCUT2D eigenvalue weighted by Crippen LogP contribution is 2.29. The Bertz CT molecular complexity index is 553. The largest absolute Gasteiger partial charge is 0.497 e. The first-order valence-electron chi connectivity index (χ1n) is 6.63. The van der Waals surface area contributed by atoms with Gasteiger partial charge in [-0.2, -0.15) is 0 Å². The van der Waals surface area contributed by atoms with Gasteiger partial charge in [-0.15, -0.1) is 0 Å². The molecule has 1 aromatic heterocycles. The zero-order valence-corrected chi connectivity index (χ0v) is 11.0. The van der Waals surface area contributed by atoms with E-state index in [0.717, 1.165) is 31.2 Å². The molecule has 1 aromatic carbocycles. The Morgan fingerprint density at radius 2 is 2.28 bits per heavy atom. The second-order valence-corrected chi connectivity index (χ2v) is 5.24. The van der Waals surface area contributed by atoms with E-state index >= 15 is 0 Å². The van der Waals surface area contributed by atoms with Gasteiger partial charge < -0.3 is 15.0 Å². The highest BCUT2D eigenvalue weighted by molar-refractivity contribution is 5.87. The number of H-pyrrole nitrogens is 1. The van der Waals surface area contributed by atoms with E-state index in [1.807, 2.05) is 0 Å². The van der Waals surface area contributed by atoms with Crippen molar-refractivity contribution < 1.29 is 4.74 Å². The summed E-state index contributed by atoms with van der Waals surface area (Å²) in [6.45, 7) is 4.44. The molecule has 0 amide bonds. The number of fused-ring (bicyclic) bond motifs is 1. The quantitative estimate of drug-likeness (QED) is 0.871. The highest BCUT2D eigenvalue weighted by atomic mass is 16.5. The number of aryl methyl sites for hydroxylation is 1. The summed E-state index contributed by atoms with van der Waals surface area (Å²) in [4.78, 5) is 3.41. The molecule has 1 atom stereocenters. The summed E-state index contributed by atoms with van der Waals surface area (Å²) < 4.78 is 5.37. The van der Waals surface area contributed by atoms with Crippen molar-refractivity contribution in [3.05, 3.63) is 29.5 Å². The first kappa shape index (κ1) is 11.6. The lowest BCUT2D eigenvalue weighted by Crippen LogP contribution is -2.10. The van der Waals surface area contributed by atoms with Crippen molar-refractivity contribution in [2.75, 3.05) is 20.2 Å². The van der Waals surface area contributed by atoms with Crippen LogP contribution in [0.25, 0.3) is 10.9 Å².